The number of carbonyl (C=O) groups excluding carboxylic acids is 1. The molecule has 0 heterocycles. The molecule has 0 fully saturated rings. The van der Waals surface area contributed by atoms with Gasteiger partial charge in [-0.3, -0.25) is 0 Å². The molecule has 0 aromatic heterocycles. The van der Waals surface area contributed by atoms with Crippen molar-refractivity contribution >= 4 is 21.9 Å². The van der Waals surface area contributed by atoms with E-state index in [1.165, 1.54) is 0 Å². The Labute approximate surface area is 115 Å². The Morgan fingerprint density at radius 3 is 2.44 bits per heavy atom. The minimum Gasteiger partial charge on any atom is -0.462 e. The Bertz CT molecular complexity index is 547. The summed E-state index contributed by atoms with van der Waals surface area (Å²) >= 11 is 3.44. The summed E-state index contributed by atoms with van der Waals surface area (Å²) in [6.07, 6.45) is 0. The van der Waals surface area contributed by atoms with Crippen molar-refractivity contribution in [1.29, 1.82) is 0 Å². The van der Waals surface area contributed by atoms with Crippen LogP contribution in [0.3, 0.4) is 0 Å². The Balaban J connectivity index is 2.25. The summed E-state index contributed by atoms with van der Waals surface area (Å²) in [5.74, 6) is -0.279. The fraction of sp³-hybridized carbons (Fsp3) is 0.133. The largest absolute Gasteiger partial charge is 0.462 e. The number of ether oxygens (including phenoxy) is 1. The molecule has 0 amide bonds. The average Bonchev–Trinajstić information content (AvgIpc) is 2.39. The summed E-state index contributed by atoms with van der Waals surface area (Å²) in [5.41, 5.74) is 2.76. The van der Waals surface area contributed by atoms with Crippen molar-refractivity contribution in [3.8, 4) is 11.1 Å². The molecule has 0 spiro atoms. The molecule has 2 nitrogen and oxygen atoms in total. The number of hydrogen-bond donors (Lipinski definition) is 0. The molecular weight excluding hydrogens is 292 g/mol. The third kappa shape index (κ3) is 2.99. The van der Waals surface area contributed by atoms with Gasteiger partial charge >= 0.3 is 5.97 Å². The number of carbonyl (C=O) groups is 1. The van der Waals surface area contributed by atoms with Crippen LogP contribution in [0, 0.1) is 0 Å². The third-order valence-electron chi connectivity index (χ3n) is 2.55. The highest BCUT2D eigenvalue weighted by Gasteiger charge is 2.06. The average molecular weight is 305 g/mol. The zero-order chi connectivity index (χ0) is 13.0. The van der Waals surface area contributed by atoms with Crippen LogP contribution in [0.15, 0.2) is 53.0 Å². The van der Waals surface area contributed by atoms with Crippen LogP contribution >= 0.6 is 15.9 Å². The lowest BCUT2D eigenvalue weighted by Crippen LogP contribution is -2.03. The highest BCUT2D eigenvalue weighted by molar-refractivity contribution is 9.10. The monoisotopic (exact) mass is 304 g/mol. The molecule has 0 aliphatic heterocycles. The molecule has 0 bridgehead atoms. The second-order valence-corrected chi connectivity index (χ2v) is 4.72. The van der Waals surface area contributed by atoms with E-state index in [-0.39, 0.29) is 5.97 Å². The minimum atomic E-state index is -0.279. The van der Waals surface area contributed by atoms with Crippen molar-refractivity contribution in [2.45, 2.75) is 6.92 Å². The molecule has 3 heteroatoms. The molecule has 0 unspecified atom stereocenters. The summed E-state index contributed by atoms with van der Waals surface area (Å²) in [4.78, 5) is 11.5. The molecule has 2 aromatic carbocycles. The summed E-state index contributed by atoms with van der Waals surface area (Å²) < 4.78 is 5.98. The van der Waals surface area contributed by atoms with Gasteiger partial charge in [0.1, 0.15) is 0 Å². The van der Waals surface area contributed by atoms with Crippen molar-refractivity contribution in [2.24, 2.45) is 0 Å². The lowest BCUT2D eigenvalue weighted by molar-refractivity contribution is 0.0526. The maximum absolute atomic E-state index is 11.5. The topological polar surface area (TPSA) is 26.3 Å². The fourth-order valence-corrected chi connectivity index (χ4v) is 2.08. The van der Waals surface area contributed by atoms with Crippen molar-refractivity contribution in [3.05, 3.63) is 58.6 Å². The molecule has 0 saturated heterocycles. The highest BCUT2D eigenvalue weighted by Crippen LogP contribution is 2.23. The van der Waals surface area contributed by atoms with Gasteiger partial charge < -0.3 is 4.74 Å². The van der Waals surface area contributed by atoms with E-state index in [4.69, 9.17) is 4.74 Å². The Kier molecular flexibility index (Phi) is 4.15. The quantitative estimate of drug-likeness (QED) is 0.791. The van der Waals surface area contributed by atoms with Crippen LogP contribution in [0.5, 0.6) is 0 Å². The van der Waals surface area contributed by atoms with E-state index in [1.54, 1.807) is 19.1 Å². The van der Waals surface area contributed by atoms with E-state index in [9.17, 15) is 4.79 Å². The Morgan fingerprint density at radius 2 is 1.83 bits per heavy atom. The van der Waals surface area contributed by atoms with Crippen molar-refractivity contribution < 1.29 is 9.53 Å². The van der Waals surface area contributed by atoms with Gasteiger partial charge in [0, 0.05) is 4.47 Å². The molecule has 0 radical (unpaired) electrons. The third-order valence-corrected chi connectivity index (χ3v) is 3.05. The number of benzene rings is 2. The second kappa shape index (κ2) is 5.83. The van der Waals surface area contributed by atoms with Gasteiger partial charge in [-0.2, -0.15) is 0 Å². The standard InChI is InChI=1S/C15H13BrO2/c1-2-18-15(17)12-8-6-11(7-9-12)13-4-3-5-14(16)10-13/h3-10H,2H2,1H3. The van der Waals surface area contributed by atoms with Gasteiger partial charge in [0.25, 0.3) is 0 Å². The number of hydrogen-bond acceptors (Lipinski definition) is 2. The van der Waals surface area contributed by atoms with E-state index < -0.39 is 0 Å². The number of esters is 1. The van der Waals surface area contributed by atoms with Gasteiger partial charge in [0.05, 0.1) is 12.2 Å². The summed E-state index contributed by atoms with van der Waals surface area (Å²) in [6.45, 7) is 2.19. The SMILES string of the molecule is CCOC(=O)c1ccc(-c2cccc(Br)c2)cc1. The van der Waals surface area contributed by atoms with Crippen molar-refractivity contribution in [3.63, 3.8) is 0 Å². The first-order valence-electron chi connectivity index (χ1n) is 5.74. The summed E-state index contributed by atoms with van der Waals surface area (Å²) in [6, 6.07) is 15.5. The van der Waals surface area contributed by atoms with Gasteiger partial charge in [-0.1, -0.05) is 40.2 Å². The molecule has 18 heavy (non-hydrogen) atoms. The van der Waals surface area contributed by atoms with Crippen LogP contribution < -0.4 is 0 Å². The lowest BCUT2D eigenvalue weighted by Gasteiger charge is -2.05. The predicted molar refractivity (Wildman–Crippen MR) is 75.5 cm³/mol. The lowest BCUT2D eigenvalue weighted by atomic mass is 10.0. The van der Waals surface area contributed by atoms with E-state index in [0.29, 0.717) is 12.2 Å². The van der Waals surface area contributed by atoms with Gasteiger partial charge in [-0.15, -0.1) is 0 Å². The summed E-state index contributed by atoms with van der Waals surface area (Å²) in [7, 11) is 0. The Morgan fingerprint density at radius 1 is 1.11 bits per heavy atom. The molecular formula is C15H13BrO2. The second-order valence-electron chi connectivity index (χ2n) is 3.81. The van der Waals surface area contributed by atoms with Crippen LogP contribution in [0.25, 0.3) is 11.1 Å². The highest BCUT2D eigenvalue weighted by atomic mass is 79.9. The van der Waals surface area contributed by atoms with Gasteiger partial charge in [0.15, 0.2) is 0 Å². The Hall–Kier alpha value is -1.61. The van der Waals surface area contributed by atoms with Crippen LogP contribution in [0.1, 0.15) is 17.3 Å². The smallest absolute Gasteiger partial charge is 0.338 e. The molecule has 0 aliphatic carbocycles. The van der Waals surface area contributed by atoms with Crippen molar-refractivity contribution in [2.75, 3.05) is 6.61 Å². The van der Waals surface area contributed by atoms with E-state index >= 15 is 0 Å². The van der Waals surface area contributed by atoms with E-state index in [2.05, 4.69) is 15.9 Å². The maximum atomic E-state index is 11.5. The minimum absolute atomic E-state index is 0.279. The molecule has 0 N–H and O–H groups in total. The first-order valence-corrected chi connectivity index (χ1v) is 6.53. The molecule has 2 aromatic rings. The molecule has 0 saturated carbocycles. The van der Waals surface area contributed by atoms with Crippen molar-refractivity contribution in [1.82, 2.24) is 0 Å². The molecule has 0 aliphatic rings. The van der Waals surface area contributed by atoms with E-state index in [0.717, 1.165) is 15.6 Å². The number of rotatable bonds is 3. The first-order chi connectivity index (χ1) is 8.70. The van der Waals surface area contributed by atoms with Crippen LogP contribution in [0.2, 0.25) is 0 Å². The van der Waals surface area contributed by atoms with Crippen LogP contribution in [-0.2, 0) is 4.74 Å². The molecule has 2 rings (SSSR count). The maximum Gasteiger partial charge on any atom is 0.338 e. The fourth-order valence-electron chi connectivity index (χ4n) is 1.68. The predicted octanol–water partition coefficient (Wildman–Crippen LogP) is 4.29. The van der Waals surface area contributed by atoms with Crippen LogP contribution in [-0.4, -0.2) is 12.6 Å². The van der Waals surface area contributed by atoms with Gasteiger partial charge in [0.2, 0.25) is 0 Å². The van der Waals surface area contributed by atoms with Crippen LogP contribution in [0.4, 0.5) is 0 Å². The van der Waals surface area contributed by atoms with E-state index in [1.807, 2.05) is 36.4 Å². The summed E-state index contributed by atoms with van der Waals surface area (Å²) in [5, 5.41) is 0. The molecule has 92 valence electrons. The normalized spacial score (nSPS) is 10.1. The van der Waals surface area contributed by atoms with Gasteiger partial charge in [-0.25, -0.2) is 4.79 Å². The zero-order valence-electron chi connectivity index (χ0n) is 10.0. The molecule has 0 atom stereocenters. The van der Waals surface area contributed by atoms with Gasteiger partial charge in [-0.05, 0) is 42.3 Å². The number of halogens is 1. The zero-order valence-corrected chi connectivity index (χ0v) is 11.6. The first kappa shape index (κ1) is 12.8.